The van der Waals surface area contributed by atoms with Crippen LogP contribution in [0.4, 0.5) is 0 Å². The van der Waals surface area contributed by atoms with Gasteiger partial charge in [0.1, 0.15) is 0 Å². The lowest BCUT2D eigenvalue weighted by atomic mass is 9.97. The minimum Gasteiger partial charge on any atom is -0.396 e. The Morgan fingerprint density at radius 2 is 1.75 bits per heavy atom. The van der Waals surface area contributed by atoms with E-state index in [4.69, 9.17) is 5.11 Å². The Morgan fingerprint density at radius 3 is 2.33 bits per heavy atom. The molecule has 1 rings (SSSR count). The van der Waals surface area contributed by atoms with Gasteiger partial charge in [0.25, 0.3) is 0 Å². The fraction of sp³-hybridized carbons (Fsp3) is 0.455. The second kappa shape index (κ2) is 3.72. The Kier molecular flexibility index (Phi) is 2.88. The first-order valence-electron chi connectivity index (χ1n) is 4.33. The Balaban J connectivity index is 3.08. The maximum atomic E-state index is 8.80. The molecule has 0 heterocycles. The smallest absolute Gasteiger partial charge is 0.0471 e. The zero-order chi connectivity index (χ0) is 9.14. The van der Waals surface area contributed by atoms with Crippen molar-refractivity contribution in [2.45, 2.75) is 27.2 Å². The van der Waals surface area contributed by atoms with Crippen molar-refractivity contribution in [1.82, 2.24) is 0 Å². The van der Waals surface area contributed by atoms with E-state index in [0.717, 1.165) is 6.42 Å². The van der Waals surface area contributed by atoms with Gasteiger partial charge in [-0.15, -0.1) is 0 Å². The Morgan fingerprint density at radius 1 is 1.08 bits per heavy atom. The van der Waals surface area contributed by atoms with E-state index in [2.05, 4.69) is 32.9 Å². The van der Waals surface area contributed by atoms with Gasteiger partial charge in [-0.25, -0.2) is 0 Å². The van der Waals surface area contributed by atoms with Gasteiger partial charge in [0.15, 0.2) is 0 Å². The Bertz CT molecular complexity index is 277. The van der Waals surface area contributed by atoms with Crippen LogP contribution in [0, 0.1) is 20.8 Å². The fourth-order valence-corrected chi connectivity index (χ4v) is 1.40. The molecular weight excluding hydrogens is 148 g/mol. The molecule has 1 N–H and O–H groups in total. The second-order valence-electron chi connectivity index (χ2n) is 3.27. The highest BCUT2D eigenvalue weighted by Gasteiger charge is 2.01. The fourth-order valence-electron chi connectivity index (χ4n) is 1.40. The lowest BCUT2D eigenvalue weighted by Crippen LogP contribution is -1.97. The van der Waals surface area contributed by atoms with Crippen molar-refractivity contribution < 1.29 is 5.11 Å². The first-order chi connectivity index (χ1) is 5.66. The van der Waals surface area contributed by atoms with Crippen molar-refractivity contribution in [2.24, 2.45) is 0 Å². The molecule has 0 aliphatic carbocycles. The standard InChI is InChI=1S/C11H16O/c1-8-4-5-11(6-7-12)10(3)9(8)2/h4-5,12H,6-7H2,1-3H3. The molecule has 0 aliphatic heterocycles. The molecular formula is C11H16O. The average molecular weight is 164 g/mol. The van der Waals surface area contributed by atoms with Gasteiger partial charge in [0, 0.05) is 6.61 Å². The van der Waals surface area contributed by atoms with Gasteiger partial charge in [-0.2, -0.15) is 0 Å². The van der Waals surface area contributed by atoms with Gasteiger partial charge in [-0.1, -0.05) is 12.1 Å². The summed E-state index contributed by atoms with van der Waals surface area (Å²) in [5.41, 5.74) is 5.26. The maximum Gasteiger partial charge on any atom is 0.0471 e. The third kappa shape index (κ3) is 1.67. The number of hydrogen-bond donors (Lipinski definition) is 1. The summed E-state index contributed by atoms with van der Waals surface area (Å²) in [5, 5.41) is 8.80. The highest BCUT2D eigenvalue weighted by atomic mass is 16.2. The normalized spacial score (nSPS) is 10.3. The average Bonchev–Trinajstić information content (AvgIpc) is 2.07. The van der Waals surface area contributed by atoms with Crippen molar-refractivity contribution in [2.75, 3.05) is 6.61 Å². The third-order valence-corrected chi connectivity index (χ3v) is 2.55. The number of benzene rings is 1. The van der Waals surface area contributed by atoms with Crippen LogP contribution >= 0.6 is 0 Å². The SMILES string of the molecule is Cc1ccc(CCO)c(C)c1C. The number of aryl methyl sites for hydroxylation is 1. The number of rotatable bonds is 2. The van der Waals surface area contributed by atoms with E-state index in [-0.39, 0.29) is 6.61 Å². The van der Waals surface area contributed by atoms with Gasteiger partial charge >= 0.3 is 0 Å². The van der Waals surface area contributed by atoms with Crippen LogP contribution in [0.3, 0.4) is 0 Å². The minimum absolute atomic E-state index is 0.239. The first-order valence-corrected chi connectivity index (χ1v) is 4.33. The van der Waals surface area contributed by atoms with Gasteiger partial charge in [-0.05, 0) is 49.4 Å². The van der Waals surface area contributed by atoms with Gasteiger partial charge in [0.05, 0.1) is 0 Å². The molecule has 0 atom stereocenters. The van der Waals surface area contributed by atoms with Crippen molar-refractivity contribution in [3.8, 4) is 0 Å². The lowest BCUT2D eigenvalue weighted by Gasteiger charge is -2.09. The summed E-state index contributed by atoms with van der Waals surface area (Å²) in [6.07, 6.45) is 0.771. The topological polar surface area (TPSA) is 20.2 Å². The predicted molar refractivity (Wildman–Crippen MR) is 51.4 cm³/mol. The molecule has 12 heavy (non-hydrogen) atoms. The molecule has 1 heteroatoms. The van der Waals surface area contributed by atoms with Crippen molar-refractivity contribution in [3.63, 3.8) is 0 Å². The summed E-state index contributed by atoms with van der Waals surface area (Å²) >= 11 is 0. The summed E-state index contributed by atoms with van der Waals surface area (Å²) in [6.45, 7) is 6.60. The quantitative estimate of drug-likeness (QED) is 0.710. The molecule has 66 valence electrons. The monoisotopic (exact) mass is 164 g/mol. The van der Waals surface area contributed by atoms with E-state index in [1.54, 1.807) is 0 Å². The molecule has 0 aliphatic rings. The van der Waals surface area contributed by atoms with Gasteiger partial charge < -0.3 is 5.11 Å². The molecule has 0 bridgehead atoms. The van der Waals surface area contributed by atoms with Crippen LogP contribution in [0.1, 0.15) is 22.3 Å². The summed E-state index contributed by atoms with van der Waals surface area (Å²) in [5.74, 6) is 0. The highest BCUT2D eigenvalue weighted by molar-refractivity contribution is 5.38. The molecule has 1 aromatic rings. The third-order valence-electron chi connectivity index (χ3n) is 2.55. The number of aliphatic hydroxyl groups excluding tert-OH is 1. The van der Waals surface area contributed by atoms with Crippen molar-refractivity contribution in [3.05, 3.63) is 34.4 Å². The molecule has 0 saturated carbocycles. The van der Waals surface area contributed by atoms with E-state index >= 15 is 0 Å². The highest BCUT2D eigenvalue weighted by Crippen LogP contribution is 2.17. The zero-order valence-corrected chi connectivity index (χ0v) is 8.02. The summed E-state index contributed by atoms with van der Waals surface area (Å²) in [7, 11) is 0. The number of hydrogen-bond acceptors (Lipinski definition) is 1. The molecule has 0 unspecified atom stereocenters. The molecule has 1 nitrogen and oxygen atoms in total. The zero-order valence-electron chi connectivity index (χ0n) is 8.02. The van der Waals surface area contributed by atoms with Crippen LogP contribution in [0.15, 0.2) is 12.1 Å². The molecule has 0 aromatic heterocycles. The van der Waals surface area contributed by atoms with Gasteiger partial charge in [0.2, 0.25) is 0 Å². The first kappa shape index (κ1) is 9.27. The predicted octanol–water partition coefficient (Wildman–Crippen LogP) is 2.15. The van der Waals surface area contributed by atoms with E-state index in [1.807, 2.05) is 0 Å². The molecule has 1 aromatic carbocycles. The van der Waals surface area contributed by atoms with Gasteiger partial charge in [-0.3, -0.25) is 0 Å². The number of aliphatic hydroxyl groups is 1. The van der Waals surface area contributed by atoms with Crippen molar-refractivity contribution in [1.29, 1.82) is 0 Å². The van der Waals surface area contributed by atoms with E-state index in [9.17, 15) is 0 Å². The van der Waals surface area contributed by atoms with Crippen LogP contribution in [0.2, 0.25) is 0 Å². The van der Waals surface area contributed by atoms with E-state index < -0.39 is 0 Å². The van der Waals surface area contributed by atoms with Crippen LogP contribution in [-0.2, 0) is 6.42 Å². The minimum atomic E-state index is 0.239. The summed E-state index contributed by atoms with van der Waals surface area (Å²) in [6, 6.07) is 4.22. The van der Waals surface area contributed by atoms with E-state index in [1.165, 1.54) is 22.3 Å². The largest absolute Gasteiger partial charge is 0.396 e. The van der Waals surface area contributed by atoms with Crippen LogP contribution < -0.4 is 0 Å². The Labute approximate surface area is 74.1 Å². The molecule has 0 saturated heterocycles. The van der Waals surface area contributed by atoms with Crippen LogP contribution in [0.5, 0.6) is 0 Å². The molecule has 0 radical (unpaired) electrons. The molecule has 0 amide bonds. The summed E-state index contributed by atoms with van der Waals surface area (Å²) in [4.78, 5) is 0. The van der Waals surface area contributed by atoms with Crippen LogP contribution in [0.25, 0.3) is 0 Å². The Hall–Kier alpha value is -0.820. The lowest BCUT2D eigenvalue weighted by molar-refractivity contribution is 0.299. The van der Waals surface area contributed by atoms with E-state index in [0.29, 0.717) is 0 Å². The van der Waals surface area contributed by atoms with Crippen LogP contribution in [-0.4, -0.2) is 11.7 Å². The summed E-state index contributed by atoms with van der Waals surface area (Å²) < 4.78 is 0. The van der Waals surface area contributed by atoms with Crippen molar-refractivity contribution >= 4 is 0 Å². The molecule has 0 fully saturated rings. The second-order valence-corrected chi connectivity index (χ2v) is 3.27. The molecule has 0 spiro atoms. The maximum absolute atomic E-state index is 8.80.